The summed E-state index contributed by atoms with van der Waals surface area (Å²) in [5.74, 6) is 0.405. The summed E-state index contributed by atoms with van der Waals surface area (Å²) in [6.07, 6.45) is -1.55. The maximum absolute atomic E-state index is 12.5. The molecule has 19 heavy (non-hydrogen) atoms. The van der Waals surface area contributed by atoms with Crippen LogP contribution >= 0.6 is 0 Å². The average molecular weight is 267 g/mol. The van der Waals surface area contributed by atoms with Crippen LogP contribution in [0.3, 0.4) is 0 Å². The van der Waals surface area contributed by atoms with Crippen molar-refractivity contribution in [2.45, 2.75) is 6.18 Å². The van der Waals surface area contributed by atoms with Gasteiger partial charge in [0.1, 0.15) is 11.8 Å². The van der Waals surface area contributed by atoms with Crippen molar-refractivity contribution in [1.29, 1.82) is 5.26 Å². The van der Waals surface area contributed by atoms with Crippen molar-refractivity contribution < 1.29 is 17.9 Å². The lowest BCUT2D eigenvalue weighted by atomic mass is 10.1. The fraction of sp³-hybridized carbons (Fsp3) is 0.167. The van der Waals surface area contributed by atoms with E-state index in [2.05, 4.69) is 5.10 Å². The molecule has 0 fully saturated rings. The highest BCUT2D eigenvalue weighted by Crippen LogP contribution is 2.33. The number of aromatic nitrogens is 2. The standard InChI is InChI=1S/C12H8F3N3O/c1-18-7-10(6-17-18)19-11-3-2-9(12(13,14)15)4-8(11)5-16/h2-4,6-7H,1H3. The van der Waals surface area contributed by atoms with Crippen molar-refractivity contribution in [3.8, 4) is 17.6 Å². The molecule has 0 aliphatic carbocycles. The number of rotatable bonds is 2. The minimum atomic E-state index is -4.49. The molecule has 1 aromatic carbocycles. The number of hydrogen-bond donors (Lipinski definition) is 0. The SMILES string of the molecule is Cn1cc(Oc2ccc(C(F)(F)F)cc2C#N)cn1. The Morgan fingerprint density at radius 3 is 2.63 bits per heavy atom. The van der Waals surface area contributed by atoms with Gasteiger partial charge in [-0.3, -0.25) is 4.68 Å². The molecule has 0 unspecified atom stereocenters. The molecule has 1 heterocycles. The van der Waals surface area contributed by atoms with Gasteiger partial charge in [0.25, 0.3) is 0 Å². The molecule has 0 aliphatic heterocycles. The van der Waals surface area contributed by atoms with Crippen LogP contribution in [0.2, 0.25) is 0 Å². The van der Waals surface area contributed by atoms with E-state index in [1.807, 2.05) is 0 Å². The van der Waals surface area contributed by atoms with Crippen LogP contribution in [-0.2, 0) is 13.2 Å². The first-order chi connectivity index (χ1) is 8.90. The molecule has 0 N–H and O–H groups in total. The Morgan fingerprint density at radius 1 is 1.37 bits per heavy atom. The van der Waals surface area contributed by atoms with E-state index in [1.54, 1.807) is 19.3 Å². The second kappa shape index (κ2) is 4.65. The molecule has 0 saturated heterocycles. The van der Waals surface area contributed by atoms with Gasteiger partial charge in [0, 0.05) is 7.05 Å². The average Bonchev–Trinajstić information content (AvgIpc) is 2.74. The minimum Gasteiger partial charge on any atom is -0.453 e. The van der Waals surface area contributed by atoms with Crippen LogP contribution < -0.4 is 4.74 Å². The van der Waals surface area contributed by atoms with Gasteiger partial charge in [-0.05, 0) is 18.2 Å². The third-order valence-corrected chi connectivity index (χ3v) is 2.34. The highest BCUT2D eigenvalue weighted by atomic mass is 19.4. The molecule has 0 aliphatic rings. The molecular weight excluding hydrogens is 259 g/mol. The summed E-state index contributed by atoms with van der Waals surface area (Å²) in [4.78, 5) is 0. The molecule has 2 aromatic rings. The van der Waals surface area contributed by atoms with Gasteiger partial charge in [0.15, 0.2) is 5.75 Å². The van der Waals surface area contributed by atoms with Gasteiger partial charge in [0.2, 0.25) is 0 Å². The summed E-state index contributed by atoms with van der Waals surface area (Å²) in [7, 11) is 1.67. The molecule has 4 nitrogen and oxygen atoms in total. The third-order valence-electron chi connectivity index (χ3n) is 2.34. The van der Waals surface area contributed by atoms with Crippen LogP contribution in [0.15, 0.2) is 30.6 Å². The minimum absolute atomic E-state index is 0.0588. The van der Waals surface area contributed by atoms with E-state index in [4.69, 9.17) is 10.00 Å². The third kappa shape index (κ3) is 2.85. The van der Waals surface area contributed by atoms with Crippen molar-refractivity contribution in [3.63, 3.8) is 0 Å². The van der Waals surface area contributed by atoms with Crippen LogP contribution in [0, 0.1) is 11.3 Å². The molecule has 0 amide bonds. The lowest BCUT2D eigenvalue weighted by Crippen LogP contribution is -2.05. The number of nitriles is 1. The summed E-state index contributed by atoms with van der Waals surface area (Å²) in [5.41, 5.74) is -1.07. The summed E-state index contributed by atoms with van der Waals surface area (Å²) >= 11 is 0. The molecule has 98 valence electrons. The Morgan fingerprint density at radius 2 is 2.11 bits per heavy atom. The monoisotopic (exact) mass is 267 g/mol. The number of halogens is 3. The van der Waals surface area contributed by atoms with E-state index in [0.29, 0.717) is 5.75 Å². The van der Waals surface area contributed by atoms with Crippen LogP contribution in [0.5, 0.6) is 11.5 Å². The predicted octanol–water partition coefficient (Wildman–Crippen LogP) is 3.10. The molecule has 0 spiro atoms. The Kier molecular flexibility index (Phi) is 3.17. The van der Waals surface area contributed by atoms with E-state index < -0.39 is 11.7 Å². The Bertz CT molecular complexity index is 640. The summed E-state index contributed by atoms with van der Waals surface area (Å²) in [6, 6.07) is 4.43. The van der Waals surface area contributed by atoms with Gasteiger partial charge in [0.05, 0.1) is 23.5 Å². The fourth-order valence-corrected chi connectivity index (χ4v) is 1.46. The first-order valence-electron chi connectivity index (χ1n) is 5.18. The van der Waals surface area contributed by atoms with Crippen molar-refractivity contribution >= 4 is 0 Å². The van der Waals surface area contributed by atoms with Gasteiger partial charge in [-0.15, -0.1) is 0 Å². The number of nitrogens with zero attached hydrogens (tertiary/aromatic N) is 3. The Hall–Kier alpha value is -2.49. The van der Waals surface area contributed by atoms with Crippen molar-refractivity contribution in [3.05, 3.63) is 41.7 Å². The smallest absolute Gasteiger partial charge is 0.416 e. The number of alkyl halides is 3. The van der Waals surface area contributed by atoms with E-state index in [0.717, 1.165) is 18.2 Å². The van der Waals surface area contributed by atoms with E-state index >= 15 is 0 Å². The number of aryl methyl sites for hydroxylation is 1. The van der Waals surface area contributed by atoms with Gasteiger partial charge in [-0.25, -0.2) is 0 Å². The largest absolute Gasteiger partial charge is 0.453 e. The lowest BCUT2D eigenvalue weighted by molar-refractivity contribution is -0.137. The second-order valence-electron chi connectivity index (χ2n) is 3.77. The van der Waals surface area contributed by atoms with Crippen LogP contribution in [-0.4, -0.2) is 9.78 Å². The summed E-state index contributed by atoms with van der Waals surface area (Å²) in [5, 5.41) is 12.7. The van der Waals surface area contributed by atoms with Crippen molar-refractivity contribution in [2.24, 2.45) is 7.05 Å². The Balaban J connectivity index is 2.34. The number of hydrogen-bond acceptors (Lipinski definition) is 3. The van der Waals surface area contributed by atoms with E-state index in [1.165, 1.54) is 10.9 Å². The highest BCUT2D eigenvalue weighted by molar-refractivity contribution is 5.47. The number of ether oxygens (including phenoxy) is 1. The van der Waals surface area contributed by atoms with E-state index in [9.17, 15) is 13.2 Å². The highest BCUT2D eigenvalue weighted by Gasteiger charge is 2.31. The van der Waals surface area contributed by atoms with Crippen molar-refractivity contribution in [2.75, 3.05) is 0 Å². The molecule has 1 aromatic heterocycles. The molecule has 2 rings (SSSR count). The van der Waals surface area contributed by atoms with E-state index in [-0.39, 0.29) is 11.3 Å². The van der Waals surface area contributed by atoms with Gasteiger partial charge in [-0.1, -0.05) is 0 Å². The first-order valence-corrected chi connectivity index (χ1v) is 5.18. The zero-order valence-corrected chi connectivity index (χ0v) is 9.77. The summed E-state index contributed by atoms with van der Waals surface area (Å²) in [6.45, 7) is 0. The Labute approximate surface area is 106 Å². The second-order valence-corrected chi connectivity index (χ2v) is 3.77. The normalized spacial score (nSPS) is 11.1. The predicted molar refractivity (Wildman–Crippen MR) is 59.4 cm³/mol. The molecule has 0 radical (unpaired) electrons. The topological polar surface area (TPSA) is 50.8 Å². The first kappa shape index (κ1) is 13.0. The molecule has 0 atom stereocenters. The van der Waals surface area contributed by atoms with Crippen molar-refractivity contribution in [1.82, 2.24) is 9.78 Å². The van der Waals surface area contributed by atoms with Gasteiger partial charge in [-0.2, -0.15) is 23.5 Å². The molecule has 0 bridgehead atoms. The van der Waals surface area contributed by atoms with Crippen LogP contribution in [0.1, 0.15) is 11.1 Å². The quantitative estimate of drug-likeness (QED) is 0.840. The summed E-state index contributed by atoms with van der Waals surface area (Å²) < 4.78 is 44.3. The molecule has 0 saturated carbocycles. The van der Waals surface area contributed by atoms with Gasteiger partial charge < -0.3 is 4.74 Å². The van der Waals surface area contributed by atoms with Crippen LogP contribution in [0.4, 0.5) is 13.2 Å². The zero-order valence-electron chi connectivity index (χ0n) is 9.77. The lowest BCUT2D eigenvalue weighted by Gasteiger charge is -2.09. The van der Waals surface area contributed by atoms with Crippen LogP contribution in [0.25, 0.3) is 0 Å². The maximum Gasteiger partial charge on any atom is 0.416 e. The number of benzene rings is 1. The fourth-order valence-electron chi connectivity index (χ4n) is 1.46. The molecule has 7 heteroatoms. The van der Waals surface area contributed by atoms with Gasteiger partial charge >= 0.3 is 6.18 Å². The maximum atomic E-state index is 12.5. The molecular formula is C12H8F3N3O. The zero-order chi connectivity index (χ0) is 14.0.